The minimum atomic E-state index is -0.291. The second-order valence-corrected chi connectivity index (χ2v) is 8.98. The zero-order chi connectivity index (χ0) is 22.8. The molecule has 168 valence electrons. The fourth-order valence-corrected chi connectivity index (χ4v) is 5.84. The number of hydrogen-bond donors (Lipinski definition) is 1. The van der Waals surface area contributed by atoms with E-state index in [1.807, 2.05) is 4.90 Å². The number of thiophene rings is 1. The van der Waals surface area contributed by atoms with E-state index in [1.54, 1.807) is 55.9 Å². The molecular weight excluding hydrogens is 427 g/mol. The van der Waals surface area contributed by atoms with Crippen LogP contribution in [0.15, 0.2) is 42.5 Å². The van der Waals surface area contributed by atoms with Gasteiger partial charge in [0.15, 0.2) is 0 Å². The maximum atomic E-state index is 13.6. The number of aryl methyl sites for hydroxylation is 1. The van der Waals surface area contributed by atoms with Crippen molar-refractivity contribution in [2.24, 2.45) is 0 Å². The minimum Gasteiger partial charge on any atom is -0.497 e. The molecule has 2 aromatic carbocycles. The van der Waals surface area contributed by atoms with E-state index in [1.165, 1.54) is 28.1 Å². The topological polar surface area (TPSA) is 50.8 Å². The Hall–Kier alpha value is -3.06. The zero-order valence-electron chi connectivity index (χ0n) is 18.7. The molecule has 2 heterocycles. The van der Waals surface area contributed by atoms with Crippen molar-refractivity contribution in [3.05, 3.63) is 74.7 Å². The van der Waals surface area contributed by atoms with Crippen molar-refractivity contribution >= 4 is 23.1 Å². The lowest BCUT2D eigenvalue weighted by atomic mass is 9.92. The van der Waals surface area contributed by atoms with E-state index in [4.69, 9.17) is 9.47 Å². The largest absolute Gasteiger partial charge is 0.497 e. The van der Waals surface area contributed by atoms with Crippen LogP contribution in [-0.2, 0) is 12.8 Å². The fourth-order valence-electron chi connectivity index (χ4n) is 4.39. The van der Waals surface area contributed by atoms with E-state index >= 15 is 0 Å². The number of rotatable bonds is 5. The number of anilines is 1. The van der Waals surface area contributed by atoms with Crippen LogP contribution in [0.4, 0.5) is 14.9 Å². The highest BCUT2D eigenvalue weighted by molar-refractivity contribution is 7.12. The van der Waals surface area contributed by atoms with Crippen LogP contribution in [0.3, 0.4) is 0 Å². The smallest absolute Gasteiger partial charge is 0.322 e. The molecule has 3 aromatic rings. The van der Waals surface area contributed by atoms with Gasteiger partial charge >= 0.3 is 6.03 Å². The Morgan fingerprint density at radius 3 is 2.59 bits per heavy atom. The average Bonchev–Trinajstić information content (AvgIpc) is 3.14. The third kappa shape index (κ3) is 4.05. The summed E-state index contributed by atoms with van der Waals surface area (Å²) >= 11 is 1.73. The van der Waals surface area contributed by atoms with Gasteiger partial charge in [-0.2, -0.15) is 0 Å². The summed E-state index contributed by atoms with van der Waals surface area (Å²) in [7, 11) is 3.14. The molecule has 1 aliphatic heterocycles. The highest BCUT2D eigenvalue weighted by Crippen LogP contribution is 2.43. The average molecular weight is 455 g/mol. The molecule has 2 amide bonds. The third-order valence-corrected chi connectivity index (χ3v) is 7.21. The van der Waals surface area contributed by atoms with Gasteiger partial charge in [-0.1, -0.05) is 19.1 Å². The van der Waals surface area contributed by atoms with Crippen molar-refractivity contribution in [1.82, 2.24) is 4.90 Å². The molecule has 0 unspecified atom stereocenters. The van der Waals surface area contributed by atoms with Crippen molar-refractivity contribution in [1.29, 1.82) is 0 Å². The zero-order valence-corrected chi connectivity index (χ0v) is 19.5. The Morgan fingerprint density at radius 1 is 1.19 bits per heavy atom. The normalized spacial score (nSPS) is 15.3. The summed E-state index contributed by atoms with van der Waals surface area (Å²) in [6, 6.07) is 11.2. The van der Waals surface area contributed by atoms with Gasteiger partial charge in [-0.15, -0.1) is 11.3 Å². The van der Waals surface area contributed by atoms with Crippen molar-refractivity contribution < 1.29 is 18.7 Å². The second kappa shape index (κ2) is 9.20. The predicted molar refractivity (Wildman–Crippen MR) is 126 cm³/mol. The summed E-state index contributed by atoms with van der Waals surface area (Å²) in [6.45, 7) is 4.87. The summed E-state index contributed by atoms with van der Waals surface area (Å²) < 4.78 is 24.3. The standard InChI is InChI=1S/C25H27FN2O3S/c1-5-19-15(2)32-24-20(19)12-13-28(23(24)16-6-8-17(26)9-7-16)25(29)27-21-11-10-18(30-3)14-22(21)31-4/h6-11,14,23H,5,12-13H2,1-4H3,(H,27,29)/t23-/m0/s1. The van der Waals surface area contributed by atoms with Gasteiger partial charge in [0, 0.05) is 22.4 Å². The molecule has 5 nitrogen and oxygen atoms in total. The number of benzene rings is 2. The summed E-state index contributed by atoms with van der Waals surface area (Å²) in [5.41, 5.74) is 4.16. The van der Waals surface area contributed by atoms with Crippen LogP contribution in [0.25, 0.3) is 0 Å². The third-order valence-electron chi connectivity index (χ3n) is 5.96. The second-order valence-electron chi connectivity index (χ2n) is 7.73. The van der Waals surface area contributed by atoms with Gasteiger partial charge in [0.25, 0.3) is 0 Å². The maximum Gasteiger partial charge on any atom is 0.322 e. The molecule has 0 spiro atoms. The highest BCUT2D eigenvalue weighted by atomic mass is 32.1. The molecule has 1 N–H and O–H groups in total. The molecule has 1 aromatic heterocycles. The fraction of sp³-hybridized carbons (Fsp3) is 0.320. The lowest BCUT2D eigenvalue weighted by Crippen LogP contribution is -2.42. The van der Waals surface area contributed by atoms with E-state index in [-0.39, 0.29) is 17.9 Å². The lowest BCUT2D eigenvalue weighted by molar-refractivity contribution is 0.195. The van der Waals surface area contributed by atoms with Crippen LogP contribution < -0.4 is 14.8 Å². The number of urea groups is 1. The quantitative estimate of drug-likeness (QED) is 0.518. The number of fused-ring (bicyclic) bond motifs is 1. The van der Waals surface area contributed by atoms with Crippen LogP contribution in [0.5, 0.6) is 11.5 Å². The number of nitrogens with zero attached hydrogens (tertiary/aromatic N) is 1. The lowest BCUT2D eigenvalue weighted by Gasteiger charge is -2.36. The van der Waals surface area contributed by atoms with E-state index in [0.717, 1.165) is 23.3 Å². The SMILES string of the molecule is CCc1c(C)sc2c1CCN(C(=O)Nc1ccc(OC)cc1OC)[C@H]2c1ccc(F)cc1. The number of ether oxygens (including phenoxy) is 2. The Kier molecular flexibility index (Phi) is 6.37. The van der Waals surface area contributed by atoms with E-state index in [2.05, 4.69) is 19.2 Å². The first-order valence-electron chi connectivity index (χ1n) is 10.6. The number of carbonyl (C=O) groups is 1. The van der Waals surface area contributed by atoms with Gasteiger partial charge in [-0.25, -0.2) is 9.18 Å². The van der Waals surface area contributed by atoms with Gasteiger partial charge in [0.05, 0.1) is 25.9 Å². The number of methoxy groups -OCH3 is 2. The van der Waals surface area contributed by atoms with Gasteiger partial charge in [0.1, 0.15) is 17.3 Å². The molecule has 0 saturated heterocycles. The molecule has 1 atom stereocenters. The molecule has 0 saturated carbocycles. The summed E-state index contributed by atoms with van der Waals surface area (Å²) in [6.07, 6.45) is 1.76. The Balaban J connectivity index is 1.72. The minimum absolute atomic E-state index is 0.224. The van der Waals surface area contributed by atoms with Gasteiger partial charge in [-0.05, 0) is 60.7 Å². The summed E-state index contributed by atoms with van der Waals surface area (Å²) in [5, 5.41) is 3.00. The number of nitrogens with one attached hydrogen (secondary N) is 1. The van der Waals surface area contributed by atoms with Crippen LogP contribution in [0.1, 0.15) is 39.4 Å². The molecule has 7 heteroatoms. The van der Waals surface area contributed by atoms with Crippen molar-refractivity contribution in [2.75, 3.05) is 26.1 Å². The summed E-state index contributed by atoms with van der Waals surface area (Å²) in [4.78, 5) is 17.7. The Bertz CT molecular complexity index is 1130. The van der Waals surface area contributed by atoms with Crippen molar-refractivity contribution in [3.63, 3.8) is 0 Å². The summed E-state index contributed by atoms with van der Waals surface area (Å²) in [5.74, 6) is 0.877. The maximum absolute atomic E-state index is 13.6. The molecule has 1 aliphatic rings. The molecule has 0 fully saturated rings. The van der Waals surface area contributed by atoms with Crippen LogP contribution in [0.2, 0.25) is 0 Å². The highest BCUT2D eigenvalue weighted by Gasteiger charge is 2.35. The molecule has 32 heavy (non-hydrogen) atoms. The van der Waals surface area contributed by atoms with E-state index in [0.29, 0.717) is 23.7 Å². The van der Waals surface area contributed by atoms with Crippen LogP contribution >= 0.6 is 11.3 Å². The molecule has 0 radical (unpaired) electrons. The van der Waals surface area contributed by atoms with Crippen molar-refractivity contribution in [2.45, 2.75) is 32.7 Å². The number of hydrogen-bond acceptors (Lipinski definition) is 4. The van der Waals surface area contributed by atoms with Gasteiger partial charge in [0.2, 0.25) is 0 Å². The van der Waals surface area contributed by atoms with Crippen LogP contribution in [0, 0.1) is 12.7 Å². The Morgan fingerprint density at radius 2 is 1.94 bits per heavy atom. The number of halogens is 1. The predicted octanol–water partition coefficient (Wildman–Crippen LogP) is 5.95. The van der Waals surface area contributed by atoms with Crippen molar-refractivity contribution in [3.8, 4) is 11.5 Å². The van der Waals surface area contributed by atoms with E-state index in [9.17, 15) is 9.18 Å². The molecule has 0 aliphatic carbocycles. The number of amides is 2. The molecular formula is C25H27FN2O3S. The molecule has 4 rings (SSSR count). The van der Waals surface area contributed by atoms with E-state index < -0.39 is 0 Å². The first-order chi connectivity index (χ1) is 15.5. The van der Waals surface area contributed by atoms with Gasteiger partial charge < -0.3 is 19.7 Å². The first kappa shape index (κ1) is 22.1. The van der Waals surface area contributed by atoms with Crippen LogP contribution in [-0.4, -0.2) is 31.7 Å². The number of carbonyl (C=O) groups excluding carboxylic acids is 1. The monoisotopic (exact) mass is 454 g/mol. The Labute approximate surface area is 191 Å². The molecule has 0 bridgehead atoms. The first-order valence-corrected chi connectivity index (χ1v) is 11.4. The van der Waals surface area contributed by atoms with Gasteiger partial charge in [-0.3, -0.25) is 0 Å².